The molecule has 4 heterocycles. The van der Waals surface area contributed by atoms with E-state index in [1.165, 1.54) is 38.1 Å². The van der Waals surface area contributed by atoms with E-state index in [4.69, 9.17) is 29.8 Å². The third-order valence-corrected chi connectivity index (χ3v) is 21.9. The number of carboxylic acids is 3. The fourth-order valence-corrected chi connectivity index (χ4v) is 15.9. The van der Waals surface area contributed by atoms with Gasteiger partial charge in [-0.3, -0.25) is 24.0 Å². The molecule has 0 spiro atoms. The van der Waals surface area contributed by atoms with Gasteiger partial charge < -0.3 is 49.7 Å². The van der Waals surface area contributed by atoms with Crippen LogP contribution in [-0.4, -0.2) is 158 Å². The largest absolute Gasteiger partial charge is 0.481 e. The number of benzene rings is 2. The molecular formula is C63H92N8O16S2. The summed E-state index contributed by atoms with van der Waals surface area (Å²) in [4.78, 5) is 72.3. The number of hydrogen-bond acceptors (Lipinski definition) is 14. The van der Waals surface area contributed by atoms with Crippen LogP contribution in [0, 0.1) is 22.7 Å². The molecule has 89 heavy (non-hydrogen) atoms. The second-order valence-electron chi connectivity index (χ2n) is 26.2. The van der Waals surface area contributed by atoms with Crippen LogP contribution in [0.3, 0.4) is 0 Å². The van der Waals surface area contributed by atoms with Crippen LogP contribution in [0.4, 0.5) is 4.79 Å². The van der Waals surface area contributed by atoms with Crippen molar-refractivity contribution in [1.82, 2.24) is 32.5 Å². The van der Waals surface area contributed by atoms with Gasteiger partial charge in [0, 0.05) is 137 Å². The highest BCUT2D eigenvalue weighted by atomic mass is 32.2. The van der Waals surface area contributed by atoms with Crippen molar-refractivity contribution in [2.45, 2.75) is 186 Å². The SMILES string of the molecule is CC(=O)O.COC1Cc2c(C3CCCCC3)c3ccc(C(=O)NS(=O)(=O)N(C)CCCCN)cc3n2CC2(C(=O)O)CC12.COC1Cc2c(C3CCCCC3)c3ccc(C(=O)NS(=O)(=O)N(C)CCCCNC(=O)OC(C)(C)C)cc3n2CC2(C(=O)O)CC12. The summed E-state index contributed by atoms with van der Waals surface area (Å²) in [6, 6.07) is 10.6. The first-order chi connectivity index (χ1) is 42.0. The lowest BCUT2D eigenvalue weighted by Crippen LogP contribution is -2.42. The number of nitrogens with two attached hydrogens (primary N) is 1. The van der Waals surface area contributed by atoms with Crippen LogP contribution in [-0.2, 0) is 74.9 Å². The lowest BCUT2D eigenvalue weighted by Gasteiger charge is -2.24. The summed E-state index contributed by atoms with van der Waals surface area (Å²) in [5, 5.41) is 32.6. The number of rotatable bonds is 21. The van der Waals surface area contributed by atoms with E-state index in [1.807, 2.05) is 12.1 Å². The molecule has 26 heteroatoms. The number of ether oxygens (including phenoxy) is 3. The van der Waals surface area contributed by atoms with Gasteiger partial charge in [-0.05, 0) is 139 Å². The Kier molecular flexibility index (Phi) is 21.7. The number of aromatic nitrogens is 2. The number of carbonyl (C=O) groups excluding carboxylic acids is 3. The molecule has 24 nitrogen and oxygen atoms in total. The first-order valence-electron chi connectivity index (χ1n) is 31.3. The molecule has 2 aliphatic heterocycles. The first-order valence-corrected chi connectivity index (χ1v) is 34.2. The Morgan fingerprint density at radius 1 is 0.640 bits per heavy atom. The van der Waals surface area contributed by atoms with E-state index in [0.717, 1.165) is 100 Å². The number of amides is 3. The number of methoxy groups -OCH3 is 2. The van der Waals surface area contributed by atoms with Gasteiger partial charge in [-0.2, -0.15) is 25.4 Å². The van der Waals surface area contributed by atoms with Crippen LogP contribution in [0.5, 0.6) is 0 Å². The zero-order chi connectivity index (χ0) is 65.0. The summed E-state index contributed by atoms with van der Waals surface area (Å²) in [6.07, 6.45) is 15.0. The third kappa shape index (κ3) is 15.4. The van der Waals surface area contributed by atoms with Gasteiger partial charge in [0.2, 0.25) is 0 Å². The molecule has 10 rings (SSSR count). The number of alkyl carbamates (subject to hydrolysis) is 1. The van der Waals surface area contributed by atoms with Gasteiger partial charge in [0.1, 0.15) is 5.60 Å². The van der Waals surface area contributed by atoms with Crippen molar-refractivity contribution in [3.63, 3.8) is 0 Å². The van der Waals surface area contributed by atoms with Crippen LogP contribution in [0.1, 0.15) is 185 Å². The van der Waals surface area contributed by atoms with E-state index >= 15 is 0 Å². The van der Waals surface area contributed by atoms with Crippen LogP contribution in [0.15, 0.2) is 36.4 Å². The Labute approximate surface area is 522 Å². The number of carbonyl (C=O) groups is 6. The molecule has 6 unspecified atom stereocenters. The van der Waals surface area contributed by atoms with Crippen molar-refractivity contribution in [3.05, 3.63) is 70.0 Å². The molecule has 492 valence electrons. The highest BCUT2D eigenvalue weighted by molar-refractivity contribution is 7.88. The summed E-state index contributed by atoms with van der Waals surface area (Å²) >= 11 is 0. The van der Waals surface area contributed by atoms with Crippen molar-refractivity contribution in [1.29, 1.82) is 0 Å². The maximum absolute atomic E-state index is 13.4. The predicted octanol–water partition coefficient (Wildman–Crippen LogP) is 7.65. The minimum absolute atomic E-state index is 0.0550. The predicted molar refractivity (Wildman–Crippen MR) is 334 cm³/mol. The molecule has 4 saturated carbocycles. The van der Waals surface area contributed by atoms with E-state index in [2.05, 4.69) is 23.9 Å². The first kappa shape index (κ1) is 68.7. The number of carboxylic acid groups (broad SMARTS) is 3. The average molecular weight is 1280 g/mol. The summed E-state index contributed by atoms with van der Waals surface area (Å²) in [5.74, 6) is -3.38. The van der Waals surface area contributed by atoms with Gasteiger partial charge in [0.05, 0.1) is 23.0 Å². The number of aliphatic carboxylic acids is 3. The maximum Gasteiger partial charge on any atom is 0.407 e. The topological polar surface area (TPSA) is 338 Å². The van der Waals surface area contributed by atoms with E-state index in [0.29, 0.717) is 89.4 Å². The lowest BCUT2D eigenvalue weighted by atomic mass is 9.82. The van der Waals surface area contributed by atoms with Gasteiger partial charge in [0.25, 0.3) is 17.8 Å². The quantitative estimate of drug-likeness (QED) is 0.0394. The standard InChI is InChI=1S/C33H48N4O8S.C28H40N4O6S.C2H4O2/c1-32(2,3)45-31(41)34-15-9-10-16-36(4)46(42,43)35-29(38)22-13-14-23-25(17-22)37-20-33(30(39)40)19-24(33)27(44-5)18-26(37)28(23)21-11-7-6-8-12-21;1-31(13-7-6-12-29)39(36,37)30-26(33)19-10-11-20-22(14-19)32-17-28(27(34)35)16-21(28)24(38-2)15-23(32)25(20)18-8-4-3-5-9-18;1-2(3)4/h13-14,17,21,24,27H,6-12,15-16,18-20H2,1-5H3,(H,34,41)(H,35,38)(H,39,40);10-11,14,18,21,24H,3-9,12-13,15-17,29H2,1-2H3,(H,30,33)(H,34,35);1H3,(H,3,4). The number of hydrogen-bond donors (Lipinski definition) is 7. The van der Waals surface area contributed by atoms with Gasteiger partial charge in [0.15, 0.2) is 0 Å². The molecule has 3 amide bonds. The molecule has 8 N–H and O–H groups in total. The molecule has 6 atom stereocenters. The molecule has 0 bridgehead atoms. The van der Waals surface area contributed by atoms with E-state index in [-0.39, 0.29) is 48.3 Å². The van der Waals surface area contributed by atoms with Gasteiger partial charge in [-0.1, -0.05) is 50.7 Å². The van der Waals surface area contributed by atoms with Crippen molar-refractivity contribution >= 4 is 78.0 Å². The minimum atomic E-state index is -4.14. The zero-order valence-electron chi connectivity index (χ0n) is 52.7. The summed E-state index contributed by atoms with van der Waals surface area (Å²) in [7, 11) is -2.02. The van der Waals surface area contributed by atoms with Crippen molar-refractivity contribution < 1.29 is 75.1 Å². The Balaban J connectivity index is 0.000000220. The second kappa shape index (κ2) is 28.1. The van der Waals surface area contributed by atoms with Gasteiger partial charge in [-0.25, -0.2) is 14.2 Å². The van der Waals surface area contributed by atoms with Gasteiger partial charge in [-0.15, -0.1) is 0 Å². The van der Waals surface area contributed by atoms with Crippen molar-refractivity contribution in [2.24, 2.45) is 28.4 Å². The summed E-state index contributed by atoms with van der Waals surface area (Å²) in [5.41, 5.74) is 9.68. The lowest BCUT2D eigenvalue weighted by molar-refractivity contribution is -0.146. The van der Waals surface area contributed by atoms with Gasteiger partial charge >= 0.3 is 38.5 Å². The van der Waals surface area contributed by atoms with Crippen molar-refractivity contribution in [3.8, 4) is 0 Å². The fourth-order valence-electron chi connectivity index (χ4n) is 14.2. The highest BCUT2D eigenvalue weighted by Gasteiger charge is 2.66. The fraction of sp³-hybridized carbons (Fsp3) is 0.651. The monoisotopic (exact) mass is 1280 g/mol. The van der Waals surface area contributed by atoms with Crippen LogP contribution >= 0.6 is 0 Å². The molecule has 0 radical (unpaired) electrons. The van der Waals surface area contributed by atoms with Crippen molar-refractivity contribution in [2.75, 3.05) is 54.5 Å². The van der Waals surface area contributed by atoms with E-state index in [1.54, 1.807) is 59.3 Å². The molecular weight excluding hydrogens is 1190 g/mol. The number of fused-ring (bicyclic) bond motifs is 8. The molecule has 4 aromatic rings. The molecule has 2 aromatic carbocycles. The smallest absolute Gasteiger partial charge is 0.407 e. The zero-order valence-corrected chi connectivity index (χ0v) is 54.4. The van der Waals surface area contributed by atoms with E-state index in [9.17, 15) is 51.0 Å². The average Bonchev–Trinajstić information content (AvgIpc) is 1.55. The summed E-state index contributed by atoms with van der Waals surface area (Å²) in [6.45, 7) is 8.22. The molecule has 4 aliphatic carbocycles. The second-order valence-corrected chi connectivity index (χ2v) is 29.7. The van der Waals surface area contributed by atoms with E-state index < -0.39 is 72.7 Å². The molecule has 2 aromatic heterocycles. The number of nitrogens with one attached hydrogen (secondary N) is 3. The maximum atomic E-state index is 13.4. The third-order valence-electron chi connectivity index (χ3n) is 19.0. The molecule has 6 aliphatic rings. The Morgan fingerprint density at radius 2 is 1.03 bits per heavy atom. The molecule has 4 fully saturated rings. The van der Waals surface area contributed by atoms with Crippen LogP contribution in [0.2, 0.25) is 0 Å². The molecule has 0 saturated heterocycles. The Hall–Kier alpha value is -6.16. The normalized spacial score (nSPS) is 23.4. The van der Waals surface area contributed by atoms with Crippen LogP contribution < -0.4 is 20.5 Å². The Bertz CT molecular complexity index is 3510. The summed E-state index contributed by atoms with van der Waals surface area (Å²) < 4.78 is 79.3. The highest BCUT2D eigenvalue weighted by Crippen LogP contribution is 2.61. The Morgan fingerprint density at radius 3 is 1.39 bits per heavy atom. The number of nitrogens with zero attached hydrogens (tertiary/aromatic N) is 4. The minimum Gasteiger partial charge on any atom is -0.481 e. The number of unbranched alkanes of at least 4 members (excludes halogenated alkanes) is 2. The van der Waals surface area contributed by atoms with Crippen LogP contribution in [0.25, 0.3) is 21.8 Å².